The van der Waals surface area contributed by atoms with E-state index in [4.69, 9.17) is 0 Å². The third-order valence-electron chi connectivity index (χ3n) is 7.40. The van der Waals surface area contributed by atoms with Gasteiger partial charge in [0.2, 0.25) is 0 Å². The third-order valence-corrected chi connectivity index (χ3v) is 7.40. The van der Waals surface area contributed by atoms with Crippen LogP contribution in [-0.2, 0) is 26.2 Å². The van der Waals surface area contributed by atoms with Crippen LogP contribution in [-0.4, -0.2) is 15.2 Å². The van der Waals surface area contributed by atoms with Crippen LogP contribution in [0.4, 0.5) is 0 Å². The molecule has 3 nitrogen and oxygen atoms in total. The van der Waals surface area contributed by atoms with Crippen LogP contribution in [0.3, 0.4) is 0 Å². The molecule has 0 spiro atoms. The average molecular weight is 393 g/mol. The number of allylic oxidation sites excluding steroid dienone is 4. The molecule has 2 heterocycles. The maximum absolute atomic E-state index is 10.2. The van der Waals surface area contributed by atoms with Crippen LogP contribution in [0.1, 0.15) is 47.9 Å². The van der Waals surface area contributed by atoms with Crippen molar-refractivity contribution in [2.75, 3.05) is 0 Å². The minimum absolute atomic E-state index is 0.544. The highest BCUT2D eigenvalue weighted by Crippen LogP contribution is 2.41. The fourth-order valence-corrected chi connectivity index (χ4v) is 5.78. The molecule has 1 unspecified atom stereocenters. The van der Waals surface area contributed by atoms with Gasteiger partial charge >= 0.3 is 0 Å². The molecule has 0 saturated heterocycles. The number of hydrogen-bond acceptors (Lipinski definition) is 2. The minimum atomic E-state index is 0.544. The SMILES string of the molecule is N#CC1=C2C=C(N3Cc4ccccc4C3)CCC2CCC1=[N+]1Cc2ccccc2C1. The van der Waals surface area contributed by atoms with E-state index in [1.165, 1.54) is 52.1 Å². The first-order chi connectivity index (χ1) is 14.8. The molecule has 0 amide bonds. The van der Waals surface area contributed by atoms with Gasteiger partial charge in [0.15, 0.2) is 18.8 Å². The predicted molar refractivity (Wildman–Crippen MR) is 117 cm³/mol. The zero-order valence-corrected chi connectivity index (χ0v) is 17.3. The summed E-state index contributed by atoms with van der Waals surface area (Å²) in [6.45, 7) is 3.87. The van der Waals surface area contributed by atoms with Crippen molar-refractivity contribution in [3.63, 3.8) is 0 Å². The van der Waals surface area contributed by atoms with Crippen molar-refractivity contribution < 1.29 is 4.58 Å². The van der Waals surface area contributed by atoms with E-state index in [9.17, 15) is 5.26 Å². The largest absolute Gasteiger partial charge is 0.366 e. The van der Waals surface area contributed by atoms with Gasteiger partial charge in [-0.2, -0.15) is 5.26 Å². The molecule has 1 atom stereocenters. The Morgan fingerprint density at radius 2 is 1.43 bits per heavy atom. The van der Waals surface area contributed by atoms with Crippen LogP contribution in [0.15, 0.2) is 71.5 Å². The lowest BCUT2D eigenvalue weighted by Gasteiger charge is -2.32. The van der Waals surface area contributed by atoms with Gasteiger partial charge in [-0.3, -0.25) is 0 Å². The van der Waals surface area contributed by atoms with E-state index in [0.717, 1.165) is 44.6 Å². The third kappa shape index (κ3) is 2.82. The fourth-order valence-electron chi connectivity index (χ4n) is 5.78. The molecular weight excluding hydrogens is 366 g/mol. The van der Waals surface area contributed by atoms with Crippen molar-refractivity contribution in [2.45, 2.75) is 51.9 Å². The Kier molecular flexibility index (Phi) is 4.13. The Balaban J connectivity index is 1.37. The Hall–Kier alpha value is -3.12. The van der Waals surface area contributed by atoms with Crippen molar-refractivity contribution in [3.8, 4) is 6.07 Å². The molecule has 2 aromatic carbocycles. The molecular formula is C27H26N3+. The van der Waals surface area contributed by atoms with Gasteiger partial charge in [-0.1, -0.05) is 48.5 Å². The van der Waals surface area contributed by atoms with Gasteiger partial charge in [0.1, 0.15) is 11.6 Å². The molecule has 0 fully saturated rings. The smallest absolute Gasteiger partial charge is 0.194 e. The molecule has 6 rings (SSSR count). The molecule has 2 aliphatic carbocycles. The van der Waals surface area contributed by atoms with Crippen LogP contribution in [0.2, 0.25) is 0 Å². The first-order valence-electron chi connectivity index (χ1n) is 11.1. The maximum atomic E-state index is 10.2. The second-order valence-electron chi connectivity index (χ2n) is 9.05. The summed E-state index contributed by atoms with van der Waals surface area (Å²) in [6.07, 6.45) is 6.88. The maximum Gasteiger partial charge on any atom is 0.194 e. The quantitative estimate of drug-likeness (QED) is 0.634. The lowest BCUT2D eigenvalue weighted by molar-refractivity contribution is -0.549. The van der Waals surface area contributed by atoms with Gasteiger partial charge in [-0.05, 0) is 48.0 Å². The average Bonchev–Trinajstić information content (AvgIpc) is 3.42. The predicted octanol–water partition coefficient (Wildman–Crippen LogP) is 5.08. The molecule has 0 N–H and O–H groups in total. The molecule has 2 aliphatic heterocycles. The number of benzene rings is 2. The number of hydrogen-bond donors (Lipinski definition) is 0. The van der Waals surface area contributed by atoms with Crippen LogP contribution in [0.25, 0.3) is 0 Å². The van der Waals surface area contributed by atoms with Crippen molar-refractivity contribution in [2.24, 2.45) is 5.92 Å². The van der Waals surface area contributed by atoms with Crippen LogP contribution < -0.4 is 0 Å². The minimum Gasteiger partial charge on any atom is -0.366 e. The van der Waals surface area contributed by atoms with E-state index >= 15 is 0 Å². The van der Waals surface area contributed by atoms with E-state index in [1.807, 2.05) is 0 Å². The lowest BCUT2D eigenvalue weighted by Crippen LogP contribution is -2.29. The number of rotatable bonds is 1. The van der Waals surface area contributed by atoms with E-state index in [-0.39, 0.29) is 0 Å². The van der Waals surface area contributed by atoms with Gasteiger partial charge in [0, 0.05) is 36.3 Å². The lowest BCUT2D eigenvalue weighted by atomic mass is 9.76. The van der Waals surface area contributed by atoms with Crippen molar-refractivity contribution >= 4 is 5.71 Å². The normalized spacial score (nSPS) is 22.4. The monoisotopic (exact) mass is 392 g/mol. The van der Waals surface area contributed by atoms with Crippen molar-refractivity contribution in [1.82, 2.24) is 4.90 Å². The Morgan fingerprint density at radius 3 is 2.07 bits per heavy atom. The summed E-state index contributed by atoms with van der Waals surface area (Å²) >= 11 is 0. The van der Waals surface area contributed by atoms with E-state index < -0.39 is 0 Å². The summed E-state index contributed by atoms with van der Waals surface area (Å²) < 4.78 is 2.44. The number of nitriles is 1. The van der Waals surface area contributed by atoms with E-state index in [1.54, 1.807) is 0 Å². The topological polar surface area (TPSA) is 30.0 Å². The van der Waals surface area contributed by atoms with E-state index in [2.05, 4.69) is 70.2 Å². The Morgan fingerprint density at radius 1 is 0.833 bits per heavy atom. The molecule has 2 aromatic rings. The van der Waals surface area contributed by atoms with Crippen molar-refractivity contribution in [1.29, 1.82) is 5.26 Å². The second kappa shape index (κ2) is 6.99. The highest BCUT2D eigenvalue weighted by atomic mass is 15.2. The molecule has 0 bridgehead atoms. The molecule has 148 valence electrons. The summed E-state index contributed by atoms with van der Waals surface area (Å²) in [5, 5.41) is 10.2. The van der Waals surface area contributed by atoms with Gasteiger partial charge in [0.05, 0.1) is 0 Å². The molecule has 30 heavy (non-hydrogen) atoms. The zero-order chi connectivity index (χ0) is 20.1. The van der Waals surface area contributed by atoms with Gasteiger partial charge < -0.3 is 4.90 Å². The second-order valence-corrected chi connectivity index (χ2v) is 9.05. The number of fused-ring (bicyclic) bond motifs is 3. The summed E-state index contributed by atoms with van der Waals surface area (Å²) in [5.41, 5.74) is 10.6. The van der Waals surface area contributed by atoms with Crippen LogP contribution in [0.5, 0.6) is 0 Å². The zero-order valence-electron chi connectivity index (χ0n) is 17.3. The standard InChI is InChI=1S/C27H26N3/c28-14-26-25-13-24(29-15-20-5-1-2-6-21(20)16-29)11-9-19(25)10-12-27(26)30-17-22-7-3-4-8-23(22)18-30/h1-8,13,19H,9-12,15-18H2/q+1. The van der Waals surface area contributed by atoms with Gasteiger partial charge in [0.25, 0.3) is 0 Å². The van der Waals surface area contributed by atoms with Crippen LogP contribution >= 0.6 is 0 Å². The Labute approximate surface area is 178 Å². The molecule has 0 aromatic heterocycles. The number of nitrogens with zero attached hydrogens (tertiary/aromatic N) is 3. The first kappa shape index (κ1) is 17.7. The fraction of sp³-hybridized carbons (Fsp3) is 0.333. The summed E-state index contributed by atoms with van der Waals surface area (Å²) in [5.74, 6) is 0.544. The highest BCUT2D eigenvalue weighted by Gasteiger charge is 2.36. The molecule has 3 heteroatoms. The first-order valence-corrected chi connectivity index (χ1v) is 11.1. The van der Waals surface area contributed by atoms with Crippen LogP contribution in [0, 0.1) is 17.2 Å². The van der Waals surface area contributed by atoms with E-state index in [0.29, 0.717) is 5.92 Å². The molecule has 0 saturated carbocycles. The van der Waals surface area contributed by atoms with Gasteiger partial charge in [-0.25, -0.2) is 4.58 Å². The van der Waals surface area contributed by atoms with Crippen molar-refractivity contribution in [3.05, 3.63) is 93.7 Å². The summed E-state index contributed by atoms with van der Waals surface area (Å²) in [6, 6.07) is 20.1. The van der Waals surface area contributed by atoms with Gasteiger partial charge in [-0.15, -0.1) is 0 Å². The highest BCUT2D eigenvalue weighted by molar-refractivity contribution is 6.02. The Bertz CT molecular complexity index is 1120. The summed E-state index contributed by atoms with van der Waals surface area (Å²) in [4.78, 5) is 2.52. The summed E-state index contributed by atoms with van der Waals surface area (Å²) in [7, 11) is 0. The molecule has 4 aliphatic rings. The molecule has 0 radical (unpaired) electrons.